The molecule has 12 rings (SSSR count). The summed E-state index contributed by atoms with van der Waals surface area (Å²) in [5.41, 5.74) is 3.13. The molecule has 0 amide bonds. The quantitative estimate of drug-likeness (QED) is 0.0926. The first-order valence-electron chi connectivity index (χ1n) is 47.8. The van der Waals surface area contributed by atoms with Crippen molar-refractivity contribution in [3.63, 3.8) is 0 Å². The van der Waals surface area contributed by atoms with Gasteiger partial charge in [-0.15, -0.1) is 0 Å². The van der Waals surface area contributed by atoms with Crippen LogP contribution in [-0.4, -0.2) is 152 Å². The van der Waals surface area contributed by atoms with Crippen LogP contribution in [0, 0.1) is 47.2 Å². The number of nitrogens with zero attached hydrogens (tertiary/aromatic N) is 4. The van der Waals surface area contributed by atoms with E-state index in [1.807, 2.05) is 27.7 Å². The van der Waals surface area contributed by atoms with Crippen molar-refractivity contribution < 1.29 is 101 Å². The number of hydrogen-bond donors (Lipinski definition) is 0. The highest BCUT2D eigenvalue weighted by atomic mass is 16.5. The molecule has 0 aliphatic carbocycles. The van der Waals surface area contributed by atoms with Crippen molar-refractivity contribution in [2.45, 2.75) is 169 Å². The molecule has 0 N–H and O–H groups in total. The minimum Gasteiger partial charge on any atom is -0.493 e. The second-order valence-corrected chi connectivity index (χ2v) is 24.7. The standard InChI is InChI=1S/2C20H29NO3.2C19H27NO3/c2*1-5-13(2)8-15-12-21-7-6-14-9-19(23-3)20(24-4)10-16(14)17(21)11-18(15)22;2*1-12(2)7-14-11-20-6-5-13-8-18(22-3)19(23-4)9-15(13)16(20)10-17(14)21/h2*9-10,13,15,17H,5-8,11-12H2,1-4H3;2*8-9,12,14,16H,5-7,10-11H2,1-4H3/i2D3,5D2,8D2,9D,10D,11D2,13D,15D;2D3,5D2,8D2,9D,10D,13D;8D,9D,10D2,14D;8D,9D,11D2. The number of fused-ring (bicyclic) bond motifs is 12. The van der Waals surface area contributed by atoms with E-state index in [2.05, 4.69) is 0 Å². The van der Waals surface area contributed by atoms with E-state index in [9.17, 15) is 19.2 Å². The largest absolute Gasteiger partial charge is 0.493 e. The normalized spacial score (nSPS) is 34.3. The van der Waals surface area contributed by atoms with Crippen LogP contribution in [0.5, 0.6) is 46.0 Å². The third-order valence-corrected chi connectivity index (χ3v) is 17.8. The Morgan fingerprint density at radius 3 is 1.17 bits per heavy atom. The first kappa shape index (κ1) is 40.5. The van der Waals surface area contributed by atoms with Crippen LogP contribution in [0.4, 0.5) is 0 Å². The van der Waals surface area contributed by atoms with E-state index >= 15 is 0 Å². The Morgan fingerprint density at radius 1 is 0.457 bits per heavy atom. The summed E-state index contributed by atoms with van der Waals surface area (Å²) in [4.78, 5) is 59.4. The Morgan fingerprint density at radius 2 is 0.787 bits per heavy atom. The van der Waals surface area contributed by atoms with E-state index in [4.69, 9.17) is 81.8 Å². The average molecular weight is 1330 g/mol. The van der Waals surface area contributed by atoms with Gasteiger partial charge in [0.05, 0.1) is 67.8 Å². The minimum atomic E-state index is -3.69. The van der Waals surface area contributed by atoms with Crippen molar-refractivity contribution in [1.29, 1.82) is 0 Å². The summed E-state index contributed by atoms with van der Waals surface area (Å²) >= 11 is 0. The van der Waals surface area contributed by atoms with E-state index in [-0.39, 0.29) is 168 Å². The summed E-state index contributed by atoms with van der Waals surface area (Å²) in [6.07, 6.45) is -16.0. The number of Topliss-reactive ketones (excluding diaryl/α,β-unsaturated/α-hetero) is 4. The van der Waals surface area contributed by atoms with Crippen LogP contribution < -0.4 is 37.9 Å². The van der Waals surface area contributed by atoms with Crippen LogP contribution >= 0.6 is 0 Å². The summed E-state index contributed by atoms with van der Waals surface area (Å²) in [7, 11) is 10.9. The Labute approximate surface area is 607 Å². The number of carbonyl (C=O) groups is 4. The van der Waals surface area contributed by atoms with Gasteiger partial charge in [0.2, 0.25) is 0 Å². The zero-order chi connectivity index (χ0) is 95.9. The van der Waals surface area contributed by atoms with Gasteiger partial charge in [0.15, 0.2) is 46.0 Å². The zero-order valence-corrected chi connectivity index (χ0v) is 56.4. The van der Waals surface area contributed by atoms with Crippen molar-refractivity contribution in [3.8, 4) is 46.0 Å². The SMILES string of the molecule is [2H]c1c2c(c([2H])c(OC)c1OC)C1CC(=O)C(C([2H])([2H])C([2H])(C([2H])([2H])[2H])C([2H])([2H])C)CN1CC2.[2H]c1c2c(c([2H])c(OC)c1OC)C1CC(=O)C(CC(C)C)C([2H])([2H])N1CC2.[2H]c1c2c(c([2H])c(OC)c1OC)C1N(CC2)CC([2H])(C([2H])([2H])C([2H])(C([2H])([2H])[2H])C([2H])([2H])C)C(=O)C1([2H])[2H].[2H]c1c2c(c([2H])c(OC)c1OC)C1N(CC2)CC([2H])(CC(C)C)C(=O)C1([2H])[2H]. The lowest BCUT2D eigenvalue weighted by Gasteiger charge is -2.43. The molecule has 8 aliphatic rings. The van der Waals surface area contributed by atoms with Gasteiger partial charge >= 0.3 is 0 Å². The Hall–Kier alpha value is -6.20. The van der Waals surface area contributed by atoms with Crippen LogP contribution in [0.15, 0.2) is 48.3 Å². The highest BCUT2D eigenvalue weighted by molar-refractivity contribution is 5.85. The Bertz CT molecular complexity index is 4840. The highest BCUT2D eigenvalue weighted by Gasteiger charge is 2.43. The lowest BCUT2D eigenvalue weighted by molar-refractivity contribution is -0.130. The number of piperidine rings is 4. The molecular formula is C78H112N4O12. The van der Waals surface area contributed by atoms with Gasteiger partial charge in [0.25, 0.3) is 0 Å². The van der Waals surface area contributed by atoms with E-state index in [1.54, 1.807) is 14.7 Å². The molecule has 4 aromatic carbocycles. The molecule has 516 valence electrons. The van der Waals surface area contributed by atoms with Crippen LogP contribution in [0.2, 0.25) is 0 Å². The molecule has 4 fully saturated rings. The monoisotopic (exact) mass is 1330 g/mol. The first-order valence-corrected chi connectivity index (χ1v) is 31.8. The second-order valence-electron chi connectivity index (χ2n) is 24.7. The fraction of sp³-hybridized carbons (Fsp3) is 0.641. The highest BCUT2D eigenvalue weighted by Crippen LogP contribution is 2.48. The maximum atomic E-state index is 13.7. The first-order chi connectivity index (χ1) is 57.7. The number of methoxy groups -OCH3 is 8. The second kappa shape index (κ2) is 32.7. The molecule has 8 aliphatic heterocycles. The molecule has 16 heteroatoms. The minimum absolute atomic E-state index is 0.0310. The fourth-order valence-electron chi connectivity index (χ4n) is 13.1. The maximum absolute atomic E-state index is 13.7. The van der Waals surface area contributed by atoms with Crippen molar-refractivity contribution >= 4 is 23.1 Å². The smallest absolute Gasteiger partial charge is 0.161 e. The van der Waals surface area contributed by atoms with Crippen molar-refractivity contribution in [1.82, 2.24) is 19.6 Å². The number of carbonyl (C=O) groups excluding carboxylic acids is 4. The molecule has 94 heavy (non-hydrogen) atoms. The van der Waals surface area contributed by atoms with Crippen LogP contribution in [0.3, 0.4) is 0 Å². The Kier molecular flexibility index (Phi) is 14.1. The topological polar surface area (TPSA) is 155 Å². The average Bonchev–Trinajstić information content (AvgIpc) is 0.684. The Balaban J connectivity index is 0.000000191. The predicted molar refractivity (Wildman–Crippen MR) is 370 cm³/mol. The molecule has 16 nitrogen and oxygen atoms in total. The fourth-order valence-corrected chi connectivity index (χ4v) is 13.1. The third-order valence-electron chi connectivity index (χ3n) is 17.8. The predicted octanol–water partition coefficient (Wildman–Crippen LogP) is 13.7. The summed E-state index contributed by atoms with van der Waals surface area (Å²) in [6.45, 7) is 0.698. The van der Waals surface area contributed by atoms with Gasteiger partial charge in [-0.2, -0.15) is 0 Å². The van der Waals surface area contributed by atoms with E-state index in [1.165, 1.54) is 61.8 Å². The lowest BCUT2D eigenvalue weighted by atomic mass is 9.79. The number of rotatable bonds is 18. The van der Waals surface area contributed by atoms with E-state index < -0.39 is 142 Å². The molecule has 4 saturated heterocycles. The number of ether oxygens (including phenoxy) is 8. The van der Waals surface area contributed by atoms with Crippen molar-refractivity contribution in [2.24, 2.45) is 47.2 Å². The molecule has 0 saturated carbocycles. The van der Waals surface area contributed by atoms with E-state index in [0.717, 1.165) is 6.92 Å². The molecule has 4 aromatic rings. The zero-order valence-electron chi connectivity index (χ0n) is 88.4. The van der Waals surface area contributed by atoms with E-state index in [0.29, 0.717) is 85.6 Å². The maximum Gasteiger partial charge on any atom is 0.161 e. The summed E-state index contributed by atoms with van der Waals surface area (Å²) in [5.74, 6) is -16.0. The molecule has 0 bridgehead atoms. The molecular weight excluding hydrogens is 1180 g/mol. The number of benzene rings is 4. The lowest BCUT2D eigenvalue weighted by Crippen LogP contribution is -2.46. The van der Waals surface area contributed by atoms with Crippen LogP contribution in [-0.2, 0) is 44.9 Å². The molecule has 0 aromatic heterocycles. The van der Waals surface area contributed by atoms with Crippen molar-refractivity contribution in [2.75, 3.05) is 109 Å². The van der Waals surface area contributed by atoms with Gasteiger partial charge < -0.3 is 37.9 Å². The molecule has 0 radical (unpaired) electrons. The molecule has 8 heterocycles. The van der Waals surface area contributed by atoms with Gasteiger partial charge in [-0.3, -0.25) is 38.8 Å². The summed E-state index contributed by atoms with van der Waals surface area (Å²) in [5, 5.41) is 0. The molecule has 10 unspecified atom stereocenters. The van der Waals surface area contributed by atoms with Gasteiger partial charge in [-0.1, -0.05) is 68.0 Å². The van der Waals surface area contributed by atoms with Gasteiger partial charge in [-0.25, -0.2) is 0 Å². The van der Waals surface area contributed by atoms with Crippen LogP contribution in [0.25, 0.3) is 0 Å². The van der Waals surface area contributed by atoms with Gasteiger partial charge in [-0.05, 0) is 168 Å². The summed E-state index contributed by atoms with van der Waals surface area (Å²) in [6, 6.07) is -3.97. The summed E-state index contributed by atoms with van der Waals surface area (Å²) < 4.78 is 310. The van der Waals surface area contributed by atoms with Crippen LogP contribution in [0.1, 0.15) is 232 Å². The van der Waals surface area contributed by atoms with Crippen molar-refractivity contribution in [3.05, 3.63) is 92.8 Å². The van der Waals surface area contributed by atoms with Gasteiger partial charge in [0, 0.05) is 159 Å². The van der Waals surface area contributed by atoms with Gasteiger partial charge in [0.1, 0.15) is 23.1 Å². The third kappa shape index (κ3) is 16.4. The molecule has 10 atom stereocenters. The number of ketones is 4. The number of hydrogen-bond acceptors (Lipinski definition) is 16. The molecule has 0 spiro atoms.